The van der Waals surface area contributed by atoms with E-state index in [9.17, 15) is 0 Å². The average Bonchev–Trinajstić information content (AvgIpc) is 2.22. The lowest BCUT2D eigenvalue weighted by Crippen LogP contribution is -1.93. The topological polar surface area (TPSA) is 61.0 Å². The molecule has 1 heterocycles. The first-order chi connectivity index (χ1) is 7.24. The first kappa shape index (κ1) is 9.45. The molecule has 0 aliphatic carbocycles. The second kappa shape index (κ2) is 3.96. The quantitative estimate of drug-likeness (QED) is 0.808. The largest absolute Gasteiger partial charge is 0.424 e. The lowest BCUT2D eigenvalue weighted by molar-refractivity contribution is 0.442. The van der Waals surface area contributed by atoms with Gasteiger partial charge in [0, 0.05) is 0 Å². The molecule has 0 aliphatic heterocycles. The van der Waals surface area contributed by atoms with Crippen LogP contribution in [-0.2, 0) is 0 Å². The highest BCUT2D eigenvalue weighted by atomic mass is 16.5. The third kappa shape index (κ3) is 2.43. The summed E-state index contributed by atoms with van der Waals surface area (Å²) in [5, 5.41) is 0. The number of nitrogens with zero attached hydrogens (tertiary/aromatic N) is 2. The van der Waals surface area contributed by atoms with E-state index in [-0.39, 0.29) is 0 Å². The van der Waals surface area contributed by atoms with Gasteiger partial charge < -0.3 is 10.5 Å². The number of aromatic nitrogens is 2. The van der Waals surface area contributed by atoms with E-state index in [0.717, 1.165) is 11.3 Å². The van der Waals surface area contributed by atoms with Crippen LogP contribution in [0.5, 0.6) is 11.8 Å². The fraction of sp³-hybridized carbons (Fsp3) is 0.0909. The van der Waals surface area contributed by atoms with Gasteiger partial charge in [-0.1, -0.05) is 12.1 Å². The molecule has 2 aromatic rings. The van der Waals surface area contributed by atoms with Crippen molar-refractivity contribution in [3.8, 4) is 11.8 Å². The molecule has 0 bridgehead atoms. The van der Waals surface area contributed by atoms with Crippen LogP contribution in [0.4, 0.5) is 5.69 Å². The molecule has 76 valence electrons. The third-order valence-electron chi connectivity index (χ3n) is 1.85. The normalized spacial score (nSPS) is 9.93. The van der Waals surface area contributed by atoms with Gasteiger partial charge in [0.2, 0.25) is 0 Å². The van der Waals surface area contributed by atoms with Crippen molar-refractivity contribution in [1.29, 1.82) is 0 Å². The lowest BCUT2D eigenvalue weighted by atomic mass is 10.2. The molecule has 0 radical (unpaired) electrons. The van der Waals surface area contributed by atoms with Gasteiger partial charge in [-0.05, 0) is 24.6 Å². The van der Waals surface area contributed by atoms with Gasteiger partial charge in [-0.25, -0.2) is 9.97 Å². The maximum Gasteiger partial charge on any atom is 0.322 e. The molecule has 1 aromatic heterocycles. The van der Waals surface area contributed by atoms with Crippen LogP contribution in [-0.4, -0.2) is 9.97 Å². The van der Waals surface area contributed by atoms with Crippen molar-refractivity contribution >= 4 is 5.69 Å². The van der Waals surface area contributed by atoms with Crippen molar-refractivity contribution in [1.82, 2.24) is 9.97 Å². The van der Waals surface area contributed by atoms with Gasteiger partial charge in [0.15, 0.2) is 0 Å². The predicted octanol–water partition coefficient (Wildman–Crippen LogP) is 2.16. The second-order valence-corrected chi connectivity index (χ2v) is 3.22. The maximum atomic E-state index is 5.46. The summed E-state index contributed by atoms with van der Waals surface area (Å²) < 4.78 is 5.44. The Hall–Kier alpha value is -2.10. The number of hydrogen-bond acceptors (Lipinski definition) is 4. The fourth-order valence-electron chi connectivity index (χ4n) is 1.16. The Balaban J connectivity index is 2.18. The summed E-state index contributed by atoms with van der Waals surface area (Å²) in [5.41, 5.74) is 7.11. The minimum absolute atomic E-state index is 0.301. The zero-order valence-corrected chi connectivity index (χ0v) is 8.34. The highest BCUT2D eigenvalue weighted by molar-refractivity contribution is 5.33. The minimum Gasteiger partial charge on any atom is -0.424 e. The molecule has 0 atom stereocenters. The molecule has 0 amide bonds. The van der Waals surface area contributed by atoms with Crippen molar-refractivity contribution in [2.75, 3.05) is 5.73 Å². The summed E-state index contributed by atoms with van der Waals surface area (Å²) in [6, 6.07) is 7.99. The molecule has 0 saturated heterocycles. The van der Waals surface area contributed by atoms with Gasteiger partial charge in [-0.3, -0.25) is 0 Å². The summed E-state index contributed by atoms with van der Waals surface area (Å²) >= 11 is 0. The van der Waals surface area contributed by atoms with Crippen molar-refractivity contribution < 1.29 is 4.74 Å². The summed E-state index contributed by atoms with van der Waals surface area (Å²) in [6.45, 7) is 2.00. The number of nitrogens with two attached hydrogens (primary N) is 1. The molecule has 2 rings (SSSR count). The molecular formula is C11H11N3O. The Morgan fingerprint density at radius 2 is 1.93 bits per heavy atom. The van der Waals surface area contributed by atoms with E-state index in [0.29, 0.717) is 11.7 Å². The van der Waals surface area contributed by atoms with Gasteiger partial charge in [0.05, 0.1) is 18.1 Å². The van der Waals surface area contributed by atoms with Crippen LogP contribution in [0.3, 0.4) is 0 Å². The van der Waals surface area contributed by atoms with Crippen LogP contribution in [0.25, 0.3) is 0 Å². The van der Waals surface area contributed by atoms with Crippen molar-refractivity contribution in [3.05, 3.63) is 42.2 Å². The predicted molar refractivity (Wildman–Crippen MR) is 57.7 cm³/mol. The Morgan fingerprint density at radius 1 is 1.20 bits per heavy atom. The molecule has 0 fully saturated rings. The number of benzene rings is 1. The number of ether oxygens (including phenoxy) is 1. The number of aryl methyl sites for hydroxylation is 1. The van der Waals surface area contributed by atoms with E-state index in [1.807, 2.05) is 31.2 Å². The number of anilines is 1. The zero-order valence-electron chi connectivity index (χ0n) is 8.34. The highest BCUT2D eigenvalue weighted by Crippen LogP contribution is 2.18. The van der Waals surface area contributed by atoms with Crippen LogP contribution in [0.1, 0.15) is 5.56 Å². The maximum absolute atomic E-state index is 5.46. The smallest absolute Gasteiger partial charge is 0.322 e. The fourth-order valence-corrected chi connectivity index (χ4v) is 1.16. The molecule has 0 spiro atoms. The third-order valence-corrected chi connectivity index (χ3v) is 1.85. The standard InChI is InChI=1S/C11H11N3O/c1-8-3-2-4-10(5-8)15-11-13-6-9(12)7-14-11/h2-7H,12H2,1H3. The molecule has 15 heavy (non-hydrogen) atoms. The molecular weight excluding hydrogens is 190 g/mol. The lowest BCUT2D eigenvalue weighted by Gasteiger charge is -2.03. The SMILES string of the molecule is Cc1cccc(Oc2ncc(N)cn2)c1. The number of rotatable bonds is 2. The summed E-state index contributed by atoms with van der Waals surface area (Å²) in [6.07, 6.45) is 3.02. The molecule has 2 N–H and O–H groups in total. The van der Waals surface area contributed by atoms with E-state index in [1.54, 1.807) is 0 Å². The van der Waals surface area contributed by atoms with Gasteiger partial charge in [-0.2, -0.15) is 0 Å². The molecule has 4 heteroatoms. The van der Waals surface area contributed by atoms with Crippen LogP contribution >= 0.6 is 0 Å². The monoisotopic (exact) mass is 201 g/mol. The minimum atomic E-state index is 0.301. The molecule has 0 unspecified atom stereocenters. The number of nitrogen functional groups attached to an aromatic ring is 1. The van der Waals surface area contributed by atoms with Crippen molar-refractivity contribution in [2.24, 2.45) is 0 Å². The van der Waals surface area contributed by atoms with Crippen LogP contribution in [0, 0.1) is 6.92 Å². The number of hydrogen-bond donors (Lipinski definition) is 1. The summed E-state index contributed by atoms with van der Waals surface area (Å²) in [7, 11) is 0. The average molecular weight is 201 g/mol. The van der Waals surface area contributed by atoms with Gasteiger partial charge in [-0.15, -0.1) is 0 Å². The molecule has 0 aliphatic rings. The van der Waals surface area contributed by atoms with Gasteiger partial charge in [0.25, 0.3) is 0 Å². The van der Waals surface area contributed by atoms with E-state index >= 15 is 0 Å². The van der Waals surface area contributed by atoms with E-state index in [2.05, 4.69) is 9.97 Å². The molecule has 0 saturated carbocycles. The highest BCUT2D eigenvalue weighted by Gasteiger charge is 1.99. The Labute approximate surface area is 87.7 Å². The van der Waals surface area contributed by atoms with Crippen LogP contribution < -0.4 is 10.5 Å². The second-order valence-electron chi connectivity index (χ2n) is 3.22. The van der Waals surface area contributed by atoms with E-state index in [4.69, 9.17) is 10.5 Å². The first-order valence-corrected chi connectivity index (χ1v) is 4.56. The van der Waals surface area contributed by atoms with Crippen molar-refractivity contribution in [3.63, 3.8) is 0 Å². The Morgan fingerprint density at radius 3 is 2.60 bits per heavy atom. The Bertz CT molecular complexity index is 454. The van der Waals surface area contributed by atoms with Gasteiger partial charge in [0.1, 0.15) is 5.75 Å². The van der Waals surface area contributed by atoms with Crippen LogP contribution in [0.15, 0.2) is 36.7 Å². The summed E-state index contributed by atoms with van der Waals surface area (Å²) in [4.78, 5) is 7.89. The zero-order chi connectivity index (χ0) is 10.7. The van der Waals surface area contributed by atoms with Crippen LogP contribution in [0.2, 0.25) is 0 Å². The van der Waals surface area contributed by atoms with Gasteiger partial charge >= 0.3 is 6.01 Å². The Kier molecular flexibility index (Phi) is 2.49. The molecule has 1 aromatic carbocycles. The first-order valence-electron chi connectivity index (χ1n) is 4.56. The summed E-state index contributed by atoms with van der Waals surface area (Å²) in [5.74, 6) is 0.722. The molecule has 4 nitrogen and oxygen atoms in total. The van der Waals surface area contributed by atoms with E-state index in [1.165, 1.54) is 12.4 Å². The van der Waals surface area contributed by atoms with E-state index < -0.39 is 0 Å². The van der Waals surface area contributed by atoms with Crippen molar-refractivity contribution in [2.45, 2.75) is 6.92 Å².